The number of alkyl halides is 3. The molecule has 0 amide bonds. The van der Waals surface area contributed by atoms with Crippen LogP contribution in [0.3, 0.4) is 0 Å². The van der Waals surface area contributed by atoms with Gasteiger partial charge in [0.1, 0.15) is 11.6 Å². The quantitative estimate of drug-likeness (QED) is 0.204. The van der Waals surface area contributed by atoms with E-state index >= 15 is 0 Å². The molecule has 34 heavy (non-hydrogen) atoms. The smallest absolute Gasteiger partial charge is 0.416 e. The summed E-state index contributed by atoms with van der Waals surface area (Å²) >= 11 is 0. The van der Waals surface area contributed by atoms with E-state index in [1.54, 1.807) is 35.3 Å². The standard InChI is InChI=1S/C25H30F3N5O/c1-6-29-16-32(7-2)18(4)22(34-5)15-17(3)23-30-24-20(12-10-14-33(24)31-23)19-11-8-9-13-21(19)25(26,27)28/h7-9,11,13,15-16,20H,2,6,10,12,14H2,1,3-5H3. The molecule has 0 aliphatic carbocycles. The van der Waals surface area contributed by atoms with Crippen molar-refractivity contribution in [1.29, 1.82) is 0 Å². The van der Waals surface area contributed by atoms with Crippen molar-refractivity contribution in [3.63, 3.8) is 0 Å². The van der Waals surface area contributed by atoms with Gasteiger partial charge in [0, 0.05) is 25.2 Å². The maximum absolute atomic E-state index is 13.7. The number of aryl methyl sites for hydroxylation is 1. The molecule has 1 atom stereocenters. The average Bonchev–Trinajstić information content (AvgIpc) is 3.27. The number of rotatable bonds is 8. The minimum absolute atomic E-state index is 0.238. The molecule has 1 aromatic heterocycles. The summed E-state index contributed by atoms with van der Waals surface area (Å²) < 4.78 is 48.3. The first-order chi connectivity index (χ1) is 16.2. The van der Waals surface area contributed by atoms with Crippen LogP contribution < -0.4 is 0 Å². The topological polar surface area (TPSA) is 55.5 Å². The van der Waals surface area contributed by atoms with Crippen LogP contribution in [-0.2, 0) is 17.5 Å². The summed E-state index contributed by atoms with van der Waals surface area (Å²) in [7, 11) is 1.57. The van der Waals surface area contributed by atoms with E-state index in [2.05, 4.69) is 21.7 Å². The lowest BCUT2D eigenvalue weighted by Crippen LogP contribution is -2.21. The number of nitrogens with zero attached hydrogens (tertiary/aromatic N) is 5. The molecule has 1 unspecified atom stereocenters. The molecule has 1 aliphatic heterocycles. The number of halogens is 3. The van der Waals surface area contributed by atoms with Crippen LogP contribution in [0.4, 0.5) is 13.2 Å². The molecular formula is C25H30F3N5O. The molecule has 0 saturated carbocycles. The molecule has 2 heterocycles. The minimum atomic E-state index is -4.43. The Morgan fingerprint density at radius 1 is 1.32 bits per heavy atom. The van der Waals surface area contributed by atoms with Crippen molar-refractivity contribution in [1.82, 2.24) is 19.7 Å². The SMILES string of the molecule is C=CN(C=NCC)C(C)=C(C=C(C)c1nc2n(n1)CCCC2c1ccccc1C(F)(F)F)OC. The second-order valence-corrected chi connectivity index (χ2v) is 7.98. The Labute approximate surface area is 198 Å². The average molecular weight is 474 g/mol. The summed E-state index contributed by atoms with van der Waals surface area (Å²) in [5.74, 6) is 1.11. The molecular weight excluding hydrogens is 443 g/mol. The van der Waals surface area contributed by atoms with Gasteiger partial charge in [-0.3, -0.25) is 4.99 Å². The van der Waals surface area contributed by atoms with Crippen molar-refractivity contribution in [3.05, 3.63) is 77.4 Å². The van der Waals surface area contributed by atoms with Crippen molar-refractivity contribution >= 4 is 11.9 Å². The van der Waals surface area contributed by atoms with E-state index in [4.69, 9.17) is 4.74 Å². The highest BCUT2D eigenvalue weighted by molar-refractivity contribution is 5.63. The van der Waals surface area contributed by atoms with E-state index < -0.39 is 17.7 Å². The molecule has 6 nitrogen and oxygen atoms in total. The lowest BCUT2D eigenvalue weighted by atomic mass is 9.88. The number of ether oxygens (including phenoxy) is 1. The molecule has 182 valence electrons. The summed E-state index contributed by atoms with van der Waals surface area (Å²) in [6.07, 6.45) is 1.99. The lowest BCUT2D eigenvalue weighted by molar-refractivity contribution is -0.138. The fourth-order valence-electron chi connectivity index (χ4n) is 4.01. The number of benzene rings is 1. The second kappa shape index (κ2) is 10.7. The van der Waals surface area contributed by atoms with E-state index in [9.17, 15) is 13.2 Å². The molecule has 0 bridgehead atoms. The summed E-state index contributed by atoms with van der Waals surface area (Å²) in [5.41, 5.74) is 1.12. The highest BCUT2D eigenvalue weighted by Crippen LogP contribution is 2.40. The Morgan fingerprint density at radius 2 is 2.06 bits per heavy atom. The third kappa shape index (κ3) is 5.40. The largest absolute Gasteiger partial charge is 0.495 e. The lowest BCUT2D eigenvalue weighted by Gasteiger charge is -2.25. The molecule has 0 fully saturated rings. The number of methoxy groups -OCH3 is 1. The molecule has 0 spiro atoms. The number of fused-ring (bicyclic) bond motifs is 1. The molecule has 1 aliphatic rings. The van der Waals surface area contributed by atoms with Crippen LogP contribution in [-0.4, -0.2) is 39.7 Å². The van der Waals surface area contributed by atoms with Crippen LogP contribution in [0.25, 0.3) is 5.57 Å². The molecule has 0 saturated heterocycles. The zero-order chi connectivity index (χ0) is 24.9. The van der Waals surface area contributed by atoms with Gasteiger partial charge in [0.25, 0.3) is 0 Å². The van der Waals surface area contributed by atoms with E-state index in [1.165, 1.54) is 12.1 Å². The zero-order valence-corrected chi connectivity index (χ0v) is 19.9. The van der Waals surface area contributed by atoms with Gasteiger partial charge in [0.2, 0.25) is 0 Å². The zero-order valence-electron chi connectivity index (χ0n) is 19.9. The highest BCUT2D eigenvalue weighted by Gasteiger charge is 2.37. The number of allylic oxidation sites excluding steroid dienone is 3. The Morgan fingerprint density at radius 3 is 2.71 bits per heavy atom. The van der Waals surface area contributed by atoms with Gasteiger partial charge in [-0.1, -0.05) is 24.8 Å². The van der Waals surface area contributed by atoms with Crippen LogP contribution in [0.15, 0.2) is 59.6 Å². The van der Waals surface area contributed by atoms with Crippen LogP contribution in [0.5, 0.6) is 0 Å². The van der Waals surface area contributed by atoms with Gasteiger partial charge in [-0.15, -0.1) is 0 Å². The van der Waals surface area contributed by atoms with Crippen molar-refractivity contribution in [3.8, 4) is 0 Å². The molecule has 1 aromatic carbocycles. The van der Waals surface area contributed by atoms with Gasteiger partial charge in [0.15, 0.2) is 5.82 Å². The van der Waals surface area contributed by atoms with Gasteiger partial charge < -0.3 is 9.64 Å². The Balaban J connectivity index is 2.00. The summed E-state index contributed by atoms with van der Waals surface area (Å²) in [6, 6.07) is 5.72. The van der Waals surface area contributed by atoms with Gasteiger partial charge in [-0.05, 0) is 56.9 Å². The summed E-state index contributed by atoms with van der Waals surface area (Å²) in [5, 5.41) is 4.60. The fourth-order valence-corrected chi connectivity index (χ4v) is 4.01. The van der Waals surface area contributed by atoms with Crippen molar-refractivity contribution in [2.75, 3.05) is 13.7 Å². The van der Waals surface area contributed by atoms with E-state index in [-0.39, 0.29) is 5.56 Å². The third-order valence-electron chi connectivity index (χ3n) is 5.77. The van der Waals surface area contributed by atoms with Crippen molar-refractivity contribution in [2.45, 2.75) is 52.3 Å². The normalized spacial score (nSPS) is 17.4. The molecule has 9 heteroatoms. The fraction of sp³-hybridized carbons (Fsp3) is 0.400. The van der Waals surface area contributed by atoms with Gasteiger partial charge >= 0.3 is 6.18 Å². The van der Waals surface area contributed by atoms with Crippen LogP contribution in [0, 0.1) is 0 Å². The predicted octanol–water partition coefficient (Wildman–Crippen LogP) is 6.00. The van der Waals surface area contributed by atoms with Gasteiger partial charge in [0.05, 0.1) is 24.7 Å². The molecule has 0 N–H and O–H groups in total. The summed E-state index contributed by atoms with van der Waals surface area (Å²) in [6.45, 7) is 10.7. The number of hydrogen-bond donors (Lipinski definition) is 0. The first kappa shape index (κ1) is 25.3. The Hall–Kier alpha value is -3.36. The van der Waals surface area contributed by atoms with Crippen LogP contribution >= 0.6 is 0 Å². The minimum Gasteiger partial charge on any atom is -0.495 e. The first-order valence-electron chi connectivity index (χ1n) is 11.2. The Bertz CT molecular complexity index is 1110. The van der Waals surface area contributed by atoms with E-state index in [0.717, 1.165) is 23.8 Å². The molecule has 0 radical (unpaired) electrons. The second-order valence-electron chi connectivity index (χ2n) is 7.98. The number of aliphatic imine (C=N–C) groups is 1. The maximum atomic E-state index is 13.7. The highest BCUT2D eigenvalue weighted by atomic mass is 19.4. The molecule has 3 rings (SSSR count). The van der Waals surface area contributed by atoms with Gasteiger partial charge in [-0.25, -0.2) is 9.67 Å². The predicted molar refractivity (Wildman–Crippen MR) is 127 cm³/mol. The van der Waals surface area contributed by atoms with Crippen molar-refractivity contribution < 1.29 is 17.9 Å². The molecule has 2 aromatic rings. The monoisotopic (exact) mass is 473 g/mol. The van der Waals surface area contributed by atoms with Crippen LogP contribution in [0.2, 0.25) is 0 Å². The van der Waals surface area contributed by atoms with Crippen molar-refractivity contribution in [2.24, 2.45) is 4.99 Å². The van der Waals surface area contributed by atoms with Crippen LogP contribution in [0.1, 0.15) is 62.3 Å². The number of hydrogen-bond acceptors (Lipinski definition) is 4. The maximum Gasteiger partial charge on any atom is 0.416 e. The Kier molecular flexibility index (Phi) is 7.96. The number of aromatic nitrogens is 3. The summed E-state index contributed by atoms with van der Waals surface area (Å²) in [4.78, 5) is 10.7. The van der Waals surface area contributed by atoms with E-state index in [1.807, 2.05) is 26.8 Å². The van der Waals surface area contributed by atoms with Gasteiger partial charge in [-0.2, -0.15) is 18.3 Å². The van der Waals surface area contributed by atoms with E-state index in [0.29, 0.717) is 36.9 Å². The first-order valence-corrected chi connectivity index (χ1v) is 11.2. The third-order valence-corrected chi connectivity index (χ3v) is 5.77.